The average Bonchev–Trinajstić information content (AvgIpc) is 2.38. The quantitative estimate of drug-likeness (QED) is 0.648. The van der Waals surface area contributed by atoms with Gasteiger partial charge in [0.1, 0.15) is 5.41 Å². The first kappa shape index (κ1) is 13.6. The Labute approximate surface area is 113 Å². The molecule has 1 N–H and O–H groups in total. The molecule has 1 aliphatic rings. The SMILES string of the molecule is COC(=O)C1(C(=O)NCCc2ccccc2)CCC1. The molecule has 0 spiro atoms. The minimum Gasteiger partial charge on any atom is -0.468 e. The molecule has 1 aromatic rings. The monoisotopic (exact) mass is 261 g/mol. The fraction of sp³-hybridized carbons (Fsp3) is 0.467. The van der Waals surface area contributed by atoms with Crippen LogP contribution in [0.4, 0.5) is 0 Å². The molecule has 0 radical (unpaired) electrons. The minimum atomic E-state index is -0.925. The molecule has 1 fully saturated rings. The highest BCUT2D eigenvalue weighted by Crippen LogP contribution is 2.42. The smallest absolute Gasteiger partial charge is 0.321 e. The molecule has 0 heterocycles. The molecule has 0 bridgehead atoms. The second-order valence-corrected chi connectivity index (χ2v) is 4.92. The van der Waals surface area contributed by atoms with E-state index in [0.717, 1.165) is 12.8 Å². The second-order valence-electron chi connectivity index (χ2n) is 4.92. The number of hydrogen-bond donors (Lipinski definition) is 1. The van der Waals surface area contributed by atoms with Gasteiger partial charge < -0.3 is 10.1 Å². The van der Waals surface area contributed by atoms with Crippen LogP contribution >= 0.6 is 0 Å². The van der Waals surface area contributed by atoms with Crippen LogP contribution in [0.3, 0.4) is 0 Å². The lowest BCUT2D eigenvalue weighted by atomic mass is 9.68. The summed E-state index contributed by atoms with van der Waals surface area (Å²) in [5.74, 6) is -0.600. The Balaban J connectivity index is 1.86. The van der Waals surface area contributed by atoms with Gasteiger partial charge in [-0.2, -0.15) is 0 Å². The lowest BCUT2D eigenvalue weighted by Crippen LogP contribution is -2.51. The minimum absolute atomic E-state index is 0.193. The topological polar surface area (TPSA) is 55.4 Å². The highest BCUT2D eigenvalue weighted by atomic mass is 16.5. The van der Waals surface area contributed by atoms with Crippen LogP contribution in [0.5, 0.6) is 0 Å². The highest BCUT2D eigenvalue weighted by molar-refractivity contribution is 6.03. The third-order valence-electron chi connectivity index (χ3n) is 3.76. The summed E-state index contributed by atoms with van der Waals surface area (Å²) in [5.41, 5.74) is 0.245. The summed E-state index contributed by atoms with van der Waals surface area (Å²) < 4.78 is 4.74. The van der Waals surface area contributed by atoms with Gasteiger partial charge in [-0.3, -0.25) is 9.59 Å². The van der Waals surface area contributed by atoms with Crippen molar-refractivity contribution in [3.63, 3.8) is 0 Å². The van der Waals surface area contributed by atoms with Gasteiger partial charge in [0.25, 0.3) is 0 Å². The van der Waals surface area contributed by atoms with Gasteiger partial charge in [-0.15, -0.1) is 0 Å². The van der Waals surface area contributed by atoms with E-state index in [2.05, 4.69) is 5.32 Å². The maximum Gasteiger partial charge on any atom is 0.321 e. The van der Waals surface area contributed by atoms with Gasteiger partial charge >= 0.3 is 5.97 Å². The molecule has 0 aliphatic heterocycles. The second kappa shape index (κ2) is 5.87. The van der Waals surface area contributed by atoms with E-state index >= 15 is 0 Å². The van der Waals surface area contributed by atoms with Gasteiger partial charge in [0.2, 0.25) is 5.91 Å². The van der Waals surface area contributed by atoms with Gasteiger partial charge in [0, 0.05) is 6.54 Å². The molecular weight excluding hydrogens is 242 g/mol. The number of hydrogen-bond acceptors (Lipinski definition) is 3. The van der Waals surface area contributed by atoms with Crippen molar-refractivity contribution in [1.29, 1.82) is 0 Å². The lowest BCUT2D eigenvalue weighted by molar-refractivity contribution is -0.165. The molecule has 102 valence electrons. The summed E-state index contributed by atoms with van der Waals surface area (Å²) in [7, 11) is 1.33. The van der Waals surface area contributed by atoms with Gasteiger partial charge in [-0.1, -0.05) is 36.8 Å². The van der Waals surface area contributed by atoms with Crippen molar-refractivity contribution in [1.82, 2.24) is 5.32 Å². The summed E-state index contributed by atoms with van der Waals surface area (Å²) in [6.45, 7) is 0.543. The maximum atomic E-state index is 12.1. The van der Waals surface area contributed by atoms with E-state index in [4.69, 9.17) is 4.74 Å². The molecule has 2 rings (SSSR count). The molecule has 0 atom stereocenters. The zero-order valence-electron chi connectivity index (χ0n) is 11.1. The Morgan fingerprint density at radius 2 is 1.95 bits per heavy atom. The van der Waals surface area contributed by atoms with E-state index in [-0.39, 0.29) is 5.91 Å². The Morgan fingerprint density at radius 3 is 2.47 bits per heavy atom. The number of benzene rings is 1. The Kier molecular flexibility index (Phi) is 4.20. The van der Waals surface area contributed by atoms with Gasteiger partial charge in [-0.05, 0) is 24.8 Å². The Morgan fingerprint density at radius 1 is 1.26 bits per heavy atom. The summed E-state index contributed by atoms with van der Waals surface area (Å²) >= 11 is 0. The van der Waals surface area contributed by atoms with Crippen molar-refractivity contribution >= 4 is 11.9 Å². The van der Waals surface area contributed by atoms with Crippen LogP contribution in [-0.4, -0.2) is 25.5 Å². The highest BCUT2D eigenvalue weighted by Gasteiger charge is 2.51. The summed E-state index contributed by atoms with van der Waals surface area (Å²) in [6.07, 6.45) is 2.86. The number of rotatable bonds is 5. The van der Waals surface area contributed by atoms with Crippen molar-refractivity contribution in [3.05, 3.63) is 35.9 Å². The molecule has 1 saturated carbocycles. The van der Waals surface area contributed by atoms with Crippen molar-refractivity contribution < 1.29 is 14.3 Å². The van der Waals surface area contributed by atoms with Crippen LogP contribution in [0.25, 0.3) is 0 Å². The molecular formula is C15H19NO3. The van der Waals surface area contributed by atoms with Crippen molar-refractivity contribution in [2.75, 3.05) is 13.7 Å². The van der Waals surface area contributed by atoms with E-state index in [0.29, 0.717) is 19.4 Å². The third kappa shape index (κ3) is 2.78. The van der Waals surface area contributed by atoms with Crippen LogP contribution in [-0.2, 0) is 20.7 Å². The van der Waals surface area contributed by atoms with Gasteiger partial charge in [-0.25, -0.2) is 0 Å². The van der Waals surface area contributed by atoms with Crippen molar-refractivity contribution in [2.45, 2.75) is 25.7 Å². The third-order valence-corrected chi connectivity index (χ3v) is 3.76. The van der Waals surface area contributed by atoms with E-state index in [1.807, 2.05) is 30.3 Å². The van der Waals surface area contributed by atoms with Crippen LogP contribution in [0.1, 0.15) is 24.8 Å². The van der Waals surface area contributed by atoms with Gasteiger partial charge in [0.05, 0.1) is 7.11 Å². The first-order chi connectivity index (χ1) is 9.19. The van der Waals surface area contributed by atoms with Crippen molar-refractivity contribution in [2.24, 2.45) is 5.41 Å². The van der Waals surface area contributed by atoms with E-state index < -0.39 is 11.4 Å². The predicted molar refractivity (Wildman–Crippen MR) is 71.5 cm³/mol. The fourth-order valence-electron chi connectivity index (χ4n) is 2.38. The number of ether oxygens (including phenoxy) is 1. The molecule has 1 aliphatic carbocycles. The molecule has 1 amide bonds. The van der Waals surface area contributed by atoms with E-state index in [1.54, 1.807) is 0 Å². The number of methoxy groups -OCH3 is 1. The van der Waals surface area contributed by atoms with Gasteiger partial charge in [0.15, 0.2) is 0 Å². The molecule has 1 aromatic carbocycles. The zero-order chi connectivity index (χ0) is 13.7. The van der Waals surface area contributed by atoms with Crippen LogP contribution in [0, 0.1) is 5.41 Å². The van der Waals surface area contributed by atoms with Crippen molar-refractivity contribution in [3.8, 4) is 0 Å². The zero-order valence-corrected chi connectivity index (χ0v) is 11.1. The molecule has 4 heteroatoms. The number of carbonyl (C=O) groups excluding carboxylic acids is 2. The van der Waals surface area contributed by atoms with Crippen LogP contribution in [0.15, 0.2) is 30.3 Å². The lowest BCUT2D eigenvalue weighted by Gasteiger charge is -2.37. The fourth-order valence-corrected chi connectivity index (χ4v) is 2.38. The standard InChI is InChI=1S/C15H19NO3/c1-19-14(18)15(9-5-10-15)13(17)16-11-8-12-6-3-2-4-7-12/h2-4,6-7H,5,8-11H2,1H3,(H,16,17). The van der Waals surface area contributed by atoms with Crippen LogP contribution < -0.4 is 5.32 Å². The number of carbonyl (C=O) groups is 2. The predicted octanol–water partition coefficient (Wildman–Crippen LogP) is 1.69. The number of amides is 1. The Hall–Kier alpha value is -1.84. The first-order valence-corrected chi connectivity index (χ1v) is 6.60. The number of nitrogens with one attached hydrogen (secondary N) is 1. The summed E-state index contributed by atoms with van der Waals surface area (Å²) in [4.78, 5) is 23.8. The average molecular weight is 261 g/mol. The number of esters is 1. The Bertz CT molecular complexity index is 452. The molecule has 0 aromatic heterocycles. The molecule has 4 nitrogen and oxygen atoms in total. The largest absolute Gasteiger partial charge is 0.468 e. The summed E-state index contributed by atoms with van der Waals surface area (Å²) in [6, 6.07) is 9.94. The van der Waals surface area contributed by atoms with E-state index in [1.165, 1.54) is 12.7 Å². The molecule has 0 saturated heterocycles. The first-order valence-electron chi connectivity index (χ1n) is 6.60. The molecule has 19 heavy (non-hydrogen) atoms. The summed E-state index contributed by atoms with van der Waals surface area (Å²) in [5, 5.41) is 2.85. The van der Waals surface area contributed by atoms with E-state index in [9.17, 15) is 9.59 Å². The maximum absolute atomic E-state index is 12.1. The van der Waals surface area contributed by atoms with Crippen LogP contribution in [0.2, 0.25) is 0 Å². The normalized spacial score (nSPS) is 16.3. The molecule has 0 unspecified atom stereocenters.